The molecule has 10 heteroatoms. The van der Waals surface area contributed by atoms with Crippen LogP contribution in [0.1, 0.15) is 26.3 Å². The third-order valence-corrected chi connectivity index (χ3v) is 5.15. The number of anilines is 1. The molecule has 1 aliphatic rings. The van der Waals surface area contributed by atoms with Gasteiger partial charge in [0.15, 0.2) is 0 Å². The Kier molecular flexibility index (Phi) is 6.02. The maximum Gasteiger partial charge on any atom is 0.258 e. The van der Waals surface area contributed by atoms with Crippen LogP contribution in [0.25, 0.3) is 0 Å². The lowest BCUT2D eigenvalue weighted by molar-refractivity contribution is 0.0530. The second kappa shape index (κ2) is 8.48. The smallest absolute Gasteiger partial charge is 0.258 e. The number of carbonyl (C=O) groups excluding carboxylic acids is 2. The minimum atomic E-state index is -2.89. The van der Waals surface area contributed by atoms with Crippen molar-refractivity contribution in [3.63, 3.8) is 0 Å². The molecule has 2 aromatic rings. The van der Waals surface area contributed by atoms with Gasteiger partial charge in [-0.15, -0.1) is 0 Å². The van der Waals surface area contributed by atoms with Crippen LogP contribution >= 0.6 is 0 Å². The van der Waals surface area contributed by atoms with E-state index in [0.29, 0.717) is 5.56 Å². The normalized spacial score (nSPS) is 14.2. The summed E-state index contributed by atoms with van der Waals surface area (Å²) in [5.74, 6) is -1.78. The van der Waals surface area contributed by atoms with Gasteiger partial charge in [0.2, 0.25) is 10.9 Å². The van der Waals surface area contributed by atoms with Crippen molar-refractivity contribution in [3.8, 4) is 5.75 Å². The van der Waals surface area contributed by atoms with E-state index in [9.17, 15) is 27.5 Å². The summed E-state index contributed by atoms with van der Waals surface area (Å²) in [6.07, 6.45) is 0. The first-order chi connectivity index (χ1) is 13.8. The number of thiol groups is 1. The van der Waals surface area contributed by atoms with Gasteiger partial charge < -0.3 is 14.9 Å². The summed E-state index contributed by atoms with van der Waals surface area (Å²) in [6, 6.07) is 8.36. The molecule has 2 N–H and O–H groups in total. The predicted molar refractivity (Wildman–Crippen MR) is 105 cm³/mol. The number of aryl methyl sites for hydroxylation is 1. The van der Waals surface area contributed by atoms with Crippen LogP contribution in [-0.2, 0) is 10.9 Å². The summed E-state index contributed by atoms with van der Waals surface area (Å²) in [4.78, 5) is 28.3. The van der Waals surface area contributed by atoms with Crippen molar-refractivity contribution in [1.82, 2.24) is 9.80 Å². The topological polar surface area (TPSA) is 107 Å². The van der Waals surface area contributed by atoms with Crippen molar-refractivity contribution >= 4 is 28.4 Å². The number of carbonyl (C=O) groups is 2. The highest BCUT2D eigenvalue weighted by Crippen LogP contribution is 2.28. The number of amides is 2. The van der Waals surface area contributed by atoms with Crippen LogP contribution in [0.5, 0.6) is 5.75 Å². The Bertz CT molecular complexity index is 1000. The van der Waals surface area contributed by atoms with Gasteiger partial charge in [-0.3, -0.25) is 14.3 Å². The van der Waals surface area contributed by atoms with E-state index in [1.165, 1.54) is 40.1 Å². The highest BCUT2D eigenvalue weighted by molar-refractivity contribution is 7.73. The summed E-state index contributed by atoms with van der Waals surface area (Å²) in [6.45, 7) is 2.51. The van der Waals surface area contributed by atoms with Gasteiger partial charge in [0.1, 0.15) is 11.6 Å². The van der Waals surface area contributed by atoms with Gasteiger partial charge in [0, 0.05) is 32.2 Å². The van der Waals surface area contributed by atoms with Gasteiger partial charge in [-0.1, -0.05) is 12.1 Å². The van der Waals surface area contributed by atoms with E-state index in [0.717, 1.165) is 0 Å². The van der Waals surface area contributed by atoms with Crippen LogP contribution < -0.4 is 4.72 Å². The van der Waals surface area contributed by atoms with E-state index in [-0.39, 0.29) is 48.7 Å². The Labute approximate surface area is 168 Å². The quantitative estimate of drug-likeness (QED) is 0.647. The maximum atomic E-state index is 13.8. The number of aromatic hydroxyl groups is 1. The van der Waals surface area contributed by atoms with E-state index in [1.807, 2.05) is 0 Å². The van der Waals surface area contributed by atoms with Crippen LogP contribution in [0.2, 0.25) is 0 Å². The van der Waals surface area contributed by atoms with Gasteiger partial charge >= 0.3 is 0 Å². The van der Waals surface area contributed by atoms with Gasteiger partial charge in [-0.2, -0.15) is 0 Å². The zero-order valence-corrected chi connectivity index (χ0v) is 16.5. The number of nitrogens with zero attached hydrogens (tertiary/aromatic N) is 2. The third kappa shape index (κ3) is 4.48. The minimum Gasteiger partial charge on any atom is -0.507 e. The Morgan fingerprint density at radius 2 is 1.62 bits per heavy atom. The molecule has 29 heavy (non-hydrogen) atoms. The van der Waals surface area contributed by atoms with E-state index >= 15 is 0 Å². The van der Waals surface area contributed by atoms with Gasteiger partial charge in [-0.25, -0.2) is 12.8 Å². The SMILES string of the molecule is Cc1cc(N[SH](=O)=O)cc(O)c1C(=O)N1CCN(C(=O)c2ccccc2F)CC1. The zero-order chi connectivity index (χ0) is 21.1. The first-order valence-corrected chi connectivity index (χ1v) is 10.0. The van der Waals surface area contributed by atoms with Crippen molar-refractivity contribution < 1.29 is 27.5 Å². The molecule has 2 aromatic carbocycles. The molecule has 1 saturated heterocycles. The molecule has 0 unspecified atom stereocenters. The third-order valence-electron chi connectivity index (χ3n) is 4.71. The van der Waals surface area contributed by atoms with E-state index in [2.05, 4.69) is 4.72 Å². The number of nitrogens with one attached hydrogen (secondary N) is 1. The van der Waals surface area contributed by atoms with Crippen molar-refractivity contribution in [3.05, 3.63) is 58.9 Å². The largest absolute Gasteiger partial charge is 0.507 e. The Balaban J connectivity index is 1.70. The Hall–Kier alpha value is -3.14. The molecule has 0 spiro atoms. The standard InChI is InChI=1S/C19H20FN3O5S/c1-12-10-13(21-29(27)28)11-16(24)17(12)19(26)23-8-6-22(7-9-23)18(25)14-4-2-3-5-15(14)20/h2-5,10-11,24,29H,6-9H2,1H3,(H,21,27,28). The maximum absolute atomic E-state index is 13.8. The van der Waals surface area contributed by atoms with Crippen LogP contribution in [-0.4, -0.2) is 61.3 Å². The molecule has 0 aliphatic carbocycles. The van der Waals surface area contributed by atoms with Crippen molar-refractivity contribution in [1.29, 1.82) is 0 Å². The Morgan fingerprint density at radius 3 is 2.17 bits per heavy atom. The first kappa shape index (κ1) is 20.6. The average molecular weight is 421 g/mol. The molecule has 1 fully saturated rings. The molecule has 2 amide bonds. The molecule has 0 aromatic heterocycles. The number of phenolic OH excluding ortho intramolecular Hbond substituents is 1. The molecule has 8 nitrogen and oxygen atoms in total. The van der Waals surface area contributed by atoms with Crippen LogP contribution in [0, 0.1) is 12.7 Å². The molecule has 1 aliphatic heterocycles. The fraction of sp³-hybridized carbons (Fsp3) is 0.263. The van der Waals surface area contributed by atoms with Crippen LogP contribution in [0.15, 0.2) is 36.4 Å². The number of hydrogen-bond acceptors (Lipinski definition) is 5. The van der Waals surface area contributed by atoms with Crippen LogP contribution in [0.3, 0.4) is 0 Å². The second-order valence-corrected chi connectivity index (χ2v) is 7.36. The number of halogens is 1. The highest BCUT2D eigenvalue weighted by Gasteiger charge is 2.28. The van der Waals surface area contributed by atoms with E-state index in [1.54, 1.807) is 13.0 Å². The van der Waals surface area contributed by atoms with E-state index < -0.39 is 28.5 Å². The van der Waals surface area contributed by atoms with Gasteiger partial charge in [0.05, 0.1) is 16.8 Å². The monoisotopic (exact) mass is 421 g/mol. The molecular weight excluding hydrogens is 401 g/mol. The molecule has 3 rings (SSSR count). The van der Waals surface area contributed by atoms with Gasteiger partial charge in [-0.05, 0) is 30.7 Å². The molecular formula is C19H20FN3O5S. The van der Waals surface area contributed by atoms with Crippen LogP contribution in [0.4, 0.5) is 10.1 Å². The fourth-order valence-electron chi connectivity index (χ4n) is 3.29. The summed E-state index contributed by atoms with van der Waals surface area (Å²) in [5, 5.41) is 10.2. The molecule has 154 valence electrons. The first-order valence-electron chi connectivity index (χ1n) is 8.85. The number of hydrogen-bond donors (Lipinski definition) is 3. The summed E-state index contributed by atoms with van der Waals surface area (Å²) in [5.41, 5.74) is 0.637. The predicted octanol–water partition coefficient (Wildman–Crippen LogP) is 1.38. The summed E-state index contributed by atoms with van der Waals surface area (Å²) in [7, 11) is -2.89. The number of piperazine rings is 1. The molecule has 0 atom stereocenters. The van der Waals surface area contributed by atoms with Gasteiger partial charge in [0.25, 0.3) is 11.8 Å². The Morgan fingerprint density at radius 1 is 1.03 bits per heavy atom. The lowest BCUT2D eigenvalue weighted by Gasteiger charge is -2.35. The molecule has 1 heterocycles. The number of rotatable bonds is 4. The molecule has 0 bridgehead atoms. The fourth-order valence-corrected chi connectivity index (χ4v) is 3.63. The lowest BCUT2D eigenvalue weighted by atomic mass is 10.0. The second-order valence-electron chi connectivity index (χ2n) is 6.62. The van der Waals surface area contributed by atoms with E-state index in [4.69, 9.17) is 0 Å². The zero-order valence-electron chi connectivity index (χ0n) is 15.6. The minimum absolute atomic E-state index is 0.0134. The lowest BCUT2D eigenvalue weighted by Crippen LogP contribution is -2.50. The average Bonchev–Trinajstić information content (AvgIpc) is 2.67. The highest BCUT2D eigenvalue weighted by atomic mass is 32.2. The number of benzene rings is 2. The van der Waals surface area contributed by atoms with Crippen molar-refractivity contribution in [2.75, 3.05) is 30.9 Å². The molecule has 0 saturated carbocycles. The molecule has 0 radical (unpaired) electrons. The summed E-state index contributed by atoms with van der Waals surface area (Å²) < 4.78 is 37.6. The summed E-state index contributed by atoms with van der Waals surface area (Å²) >= 11 is 0. The van der Waals surface area contributed by atoms with Crippen molar-refractivity contribution in [2.45, 2.75) is 6.92 Å². The van der Waals surface area contributed by atoms with Crippen molar-refractivity contribution in [2.24, 2.45) is 0 Å². The number of phenols is 1.